The Balaban J connectivity index is 1.96. The molecule has 0 aliphatic carbocycles. The van der Waals surface area contributed by atoms with Gasteiger partial charge in [-0.25, -0.2) is 0 Å². The molecule has 0 amide bonds. The molecule has 2 aromatic carbocycles. The summed E-state index contributed by atoms with van der Waals surface area (Å²) in [5, 5.41) is 21.4. The Morgan fingerprint density at radius 2 is 1.29 bits per heavy atom. The first kappa shape index (κ1) is 20.3. The summed E-state index contributed by atoms with van der Waals surface area (Å²) < 4.78 is 22.5. The van der Waals surface area contributed by atoms with Crippen LogP contribution in [-0.4, -0.2) is 37.6 Å². The number of ether oxygens (including phenoxy) is 4. The molecule has 0 aromatic heterocycles. The third kappa shape index (κ3) is 4.69. The van der Waals surface area contributed by atoms with Crippen LogP contribution in [0.4, 0.5) is 0 Å². The highest BCUT2D eigenvalue weighted by Crippen LogP contribution is 2.42. The number of hydrogen-bond acceptors (Lipinski definition) is 6. The summed E-state index contributed by atoms with van der Waals surface area (Å²) in [5.74, 6) is 2.18. The van der Waals surface area contributed by atoms with E-state index in [1.165, 1.54) is 0 Å². The van der Waals surface area contributed by atoms with Crippen molar-refractivity contribution in [3.8, 4) is 23.0 Å². The highest BCUT2D eigenvalue weighted by molar-refractivity contribution is 5.54. The molecular formula is C22H28O6. The summed E-state index contributed by atoms with van der Waals surface area (Å²) in [6.07, 6.45) is 1.71. The number of benzene rings is 2. The van der Waals surface area contributed by atoms with Gasteiger partial charge in [-0.05, 0) is 61.1 Å². The number of aliphatic hydroxyl groups is 2. The zero-order valence-corrected chi connectivity index (χ0v) is 16.4. The van der Waals surface area contributed by atoms with E-state index in [0.717, 1.165) is 31.4 Å². The van der Waals surface area contributed by atoms with Crippen molar-refractivity contribution in [1.82, 2.24) is 0 Å². The van der Waals surface area contributed by atoms with Gasteiger partial charge in [-0.15, -0.1) is 0 Å². The maximum Gasteiger partial charge on any atom is 0.203 e. The van der Waals surface area contributed by atoms with Gasteiger partial charge in [0.05, 0.1) is 27.4 Å². The van der Waals surface area contributed by atoms with E-state index in [0.29, 0.717) is 41.6 Å². The van der Waals surface area contributed by atoms with Crippen molar-refractivity contribution in [3.05, 3.63) is 47.5 Å². The molecule has 6 heteroatoms. The highest BCUT2D eigenvalue weighted by Gasteiger charge is 2.24. The van der Waals surface area contributed by atoms with Gasteiger partial charge in [0.25, 0.3) is 0 Å². The number of rotatable bonds is 2. The largest absolute Gasteiger partial charge is 0.494 e. The molecule has 2 N–H and O–H groups in total. The van der Waals surface area contributed by atoms with Crippen LogP contribution in [0.3, 0.4) is 0 Å². The van der Waals surface area contributed by atoms with Crippen molar-refractivity contribution in [3.63, 3.8) is 0 Å². The van der Waals surface area contributed by atoms with E-state index >= 15 is 0 Å². The fourth-order valence-electron chi connectivity index (χ4n) is 3.26. The van der Waals surface area contributed by atoms with Crippen LogP contribution in [0.15, 0.2) is 36.4 Å². The Kier molecular flexibility index (Phi) is 7.01. The molecule has 0 saturated carbocycles. The lowest BCUT2D eigenvalue weighted by molar-refractivity contribution is 0.0169. The van der Waals surface area contributed by atoms with E-state index in [9.17, 15) is 10.2 Å². The average Bonchev–Trinajstić information content (AvgIpc) is 2.74. The molecule has 0 unspecified atom stereocenters. The van der Waals surface area contributed by atoms with Crippen molar-refractivity contribution < 1.29 is 29.2 Å². The van der Waals surface area contributed by atoms with E-state index in [-0.39, 0.29) is 0 Å². The lowest BCUT2D eigenvalue weighted by Crippen LogP contribution is -2.11. The topological polar surface area (TPSA) is 77.4 Å². The molecule has 0 saturated heterocycles. The molecule has 4 heterocycles. The molecule has 4 aliphatic heterocycles. The molecule has 0 spiro atoms. The van der Waals surface area contributed by atoms with Crippen molar-refractivity contribution in [2.45, 2.75) is 37.9 Å². The maximum atomic E-state index is 10.7. The normalized spacial score (nSPS) is 20.6. The van der Waals surface area contributed by atoms with Gasteiger partial charge in [0, 0.05) is 0 Å². The molecule has 2 atom stereocenters. The second-order valence-electron chi connectivity index (χ2n) is 6.82. The Labute approximate surface area is 165 Å². The zero-order chi connectivity index (χ0) is 19.9. The van der Waals surface area contributed by atoms with Gasteiger partial charge in [-0.1, -0.05) is 12.1 Å². The predicted octanol–water partition coefficient (Wildman–Crippen LogP) is 3.80. The summed E-state index contributed by atoms with van der Waals surface area (Å²) >= 11 is 0. The van der Waals surface area contributed by atoms with Crippen molar-refractivity contribution in [1.29, 1.82) is 0 Å². The van der Waals surface area contributed by atoms with Crippen molar-refractivity contribution in [2.75, 3.05) is 27.4 Å². The second kappa shape index (κ2) is 9.66. The number of methoxy groups -OCH3 is 2. The predicted molar refractivity (Wildman–Crippen MR) is 105 cm³/mol. The number of hydrogen-bond donors (Lipinski definition) is 2. The second-order valence-corrected chi connectivity index (χ2v) is 6.82. The van der Waals surface area contributed by atoms with E-state index in [1.54, 1.807) is 38.5 Å². The number of aliphatic hydroxyl groups excluding tert-OH is 2. The maximum absolute atomic E-state index is 10.7. The summed E-state index contributed by atoms with van der Waals surface area (Å²) in [4.78, 5) is 0. The van der Waals surface area contributed by atoms with Gasteiger partial charge in [0.1, 0.15) is 18.0 Å². The third-order valence-electron chi connectivity index (χ3n) is 4.90. The smallest absolute Gasteiger partial charge is 0.203 e. The van der Waals surface area contributed by atoms with Crippen LogP contribution in [0.2, 0.25) is 0 Å². The van der Waals surface area contributed by atoms with E-state index in [1.807, 2.05) is 12.1 Å². The molecule has 28 heavy (non-hydrogen) atoms. The van der Waals surface area contributed by atoms with Crippen molar-refractivity contribution >= 4 is 0 Å². The van der Waals surface area contributed by atoms with Crippen LogP contribution >= 0.6 is 0 Å². The van der Waals surface area contributed by atoms with Crippen LogP contribution < -0.4 is 18.9 Å². The minimum atomic E-state index is -1.15. The fourth-order valence-corrected chi connectivity index (χ4v) is 3.26. The summed E-state index contributed by atoms with van der Waals surface area (Å²) in [6.45, 7) is 1.19. The molecule has 6 rings (SSSR count). The molecule has 152 valence electrons. The minimum absolute atomic E-state index is 0.463. The van der Waals surface area contributed by atoms with Crippen LogP contribution in [-0.2, 0) is 0 Å². The lowest BCUT2D eigenvalue weighted by atomic mass is 9.97. The van der Waals surface area contributed by atoms with Crippen LogP contribution in [0, 0.1) is 0 Å². The standard InChI is InChI=1S/C22H28O6/c1-25-18-13-16-14-19(26-2)22(18)28-12-6-4-3-5-11-27-17-9-7-15(8-10-17)20(23)21(16)24/h7-10,13-14,20-21,23-24H,3-6,11-12H2,1-2H3/t20-,21-/m1/s1. The van der Waals surface area contributed by atoms with Gasteiger partial charge in [0.15, 0.2) is 11.5 Å². The molecule has 0 radical (unpaired) electrons. The Morgan fingerprint density at radius 1 is 0.750 bits per heavy atom. The first-order valence-electron chi connectivity index (χ1n) is 9.61. The quantitative estimate of drug-likeness (QED) is 0.815. The fraction of sp³-hybridized carbons (Fsp3) is 0.455. The van der Waals surface area contributed by atoms with Gasteiger partial charge in [0.2, 0.25) is 5.75 Å². The summed E-state index contributed by atoms with van der Waals surface area (Å²) in [5.41, 5.74) is 1.08. The van der Waals surface area contributed by atoms with Gasteiger partial charge >= 0.3 is 0 Å². The first-order chi connectivity index (χ1) is 13.6. The summed E-state index contributed by atoms with van der Waals surface area (Å²) in [7, 11) is 3.08. The third-order valence-corrected chi connectivity index (χ3v) is 4.90. The van der Waals surface area contributed by atoms with Gasteiger partial charge < -0.3 is 29.2 Å². The lowest BCUT2D eigenvalue weighted by Gasteiger charge is -2.22. The Morgan fingerprint density at radius 3 is 1.86 bits per heavy atom. The Hall–Kier alpha value is -2.44. The van der Waals surface area contributed by atoms with E-state index < -0.39 is 12.2 Å². The minimum Gasteiger partial charge on any atom is -0.494 e. The molecule has 0 fully saturated rings. The molecule has 4 bridgehead atoms. The van der Waals surface area contributed by atoms with Crippen LogP contribution in [0.5, 0.6) is 23.0 Å². The molecular weight excluding hydrogens is 360 g/mol. The van der Waals surface area contributed by atoms with Crippen LogP contribution in [0.1, 0.15) is 49.0 Å². The summed E-state index contributed by atoms with van der Waals surface area (Å²) in [6, 6.07) is 10.5. The van der Waals surface area contributed by atoms with Gasteiger partial charge in [-0.2, -0.15) is 0 Å². The first-order valence-corrected chi connectivity index (χ1v) is 9.61. The zero-order valence-electron chi connectivity index (χ0n) is 16.4. The van der Waals surface area contributed by atoms with E-state index in [2.05, 4.69) is 0 Å². The average molecular weight is 388 g/mol. The SMILES string of the molecule is COc1cc2cc(OC)c1OCCCCCCOc1ccc(cc1)[C@@H](O)[C@@H]2O. The Bertz CT molecular complexity index is 733. The molecule has 6 nitrogen and oxygen atoms in total. The molecule has 4 aliphatic rings. The van der Waals surface area contributed by atoms with Crippen LogP contribution in [0.25, 0.3) is 0 Å². The van der Waals surface area contributed by atoms with E-state index in [4.69, 9.17) is 18.9 Å². The van der Waals surface area contributed by atoms with Gasteiger partial charge in [-0.3, -0.25) is 0 Å². The highest BCUT2D eigenvalue weighted by atomic mass is 16.5. The van der Waals surface area contributed by atoms with Crippen molar-refractivity contribution in [2.24, 2.45) is 0 Å². The monoisotopic (exact) mass is 388 g/mol. The molecule has 2 aromatic rings.